The van der Waals surface area contributed by atoms with Gasteiger partial charge in [-0.25, -0.2) is 0 Å². The van der Waals surface area contributed by atoms with Crippen molar-refractivity contribution in [1.82, 2.24) is 5.32 Å². The summed E-state index contributed by atoms with van der Waals surface area (Å²) in [4.78, 5) is 11.3. The zero-order chi connectivity index (χ0) is 9.56. The molecule has 0 aliphatic rings. The average molecular weight is 169 g/mol. The summed E-state index contributed by atoms with van der Waals surface area (Å²) in [5.41, 5.74) is 0. The Morgan fingerprint density at radius 3 is 2.42 bits per heavy atom. The van der Waals surface area contributed by atoms with E-state index in [2.05, 4.69) is 5.32 Å². The molecule has 0 aliphatic heterocycles. The first-order chi connectivity index (χ1) is 5.57. The third kappa shape index (κ3) is 4.94. The fourth-order valence-corrected chi connectivity index (χ4v) is 0.874. The number of hydrogen-bond donors (Lipinski definition) is 1. The van der Waals surface area contributed by atoms with Crippen molar-refractivity contribution in [2.75, 3.05) is 0 Å². The van der Waals surface area contributed by atoms with Gasteiger partial charge in [-0.1, -0.05) is 19.1 Å². The van der Waals surface area contributed by atoms with Crippen molar-refractivity contribution >= 4 is 5.91 Å². The van der Waals surface area contributed by atoms with Gasteiger partial charge in [-0.3, -0.25) is 4.79 Å². The van der Waals surface area contributed by atoms with Crippen LogP contribution in [0.25, 0.3) is 0 Å². The highest BCUT2D eigenvalue weighted by molar-refractivity contribution is 5.78. The molecule has 1 amide bonds. The Morgan fingerprint density at radius 2 is 2.00 bits per heavy atom. The van der Waals surface area contributed by atoms with Crippen LogP contribution in [-0.4, -0.2) is 11.9 Å². The van der Waals surface area contributed by atoms with Crippen LogP contribution in [0, 0.1) is 5.92 Å². The van der Waals surface area contributed by atoms with Gasteiger partial charge in [0.1, 0.15) is 0 Å². The van der Waals surface area contributed by atoms with Gasteiger partial charge in [0, 0.05) is 12.0 Å². The average Bonchev–Trinajstić information content (AvgIpc) is 1.98. The zero-order valence-corrected chi connectivity index (χ0v) is 8.42. The fraction of sp³-hybridized carbons (Fsp3) is 0.700. The molecule has 0 spiro atoms. The van der Waals surface area contributed by atoms with Crippen molar-refractivity contribution in [2.45, 2.75) is 40.2 Å². The lowest BCUT2D eigenvalue weighted by Crippen LogP contribution is -2.34. The van der Waals surface area contributed by atoms with Crippen LogP contribution >= 0.6 is 0 Å². The normalized spacial score (nSPS) is 13.8. The summed E-state index contributed by atoms with van der Waals surface area (Å²) in [5.74, 6) is 0.228. The molecule has 1 unspecified atom stereocenters. The number of rotatable bonds is 4. The van der Waals surface area contributed by atoms with Gasteiger partial charge in [-0.05, 0) is 27.2 Å². The number of carbonyl (C=O) groups is 1. The van der Waals surface area contributed by atoms with Gasteiger partial charge < -0.3 is 5.32 Å². The molecule has 0 heterocycles. The van der Waals surface area contributed by atoms with Gasteiger partial charge in [-0.2, -0.15) is 0 Å². The molecule has 0 aromatic heterocycles. The van der Waals surface area contributed by atoms with Crippen LogP contribution in [0.3, 0.4) is 0 Å². The molecule has 2 heteroatoms. The van der Waals surface area contributed by atoms with Gasteiger partial charge in [0.25, 0.3) is 0 Å². The Kier molecular flexibility index (Phi) is 5.43. The topological polar surface area (TPSA) is 29.1 Å². The highest BCUT2D eigenvalue weighted by Gasteiger charge is 2.10. The summed E-state index contributed by atoms with van der Waals surface area (Å²) in [7, 11) is 0. The van der Waals surface area contributed by atoms with E-state index in [-0.39, 0.29) is 17.9 Å². The molecule has 0 rings (SSSR count). The van der Waals surface area contributed by atoms with Crippen LogP contribution in [0.15, 0.2) is 12.2 Å². The van der Waals surface area contributed by atoms with Crippen molar-refractivity contribution in [2.24, 2.45) is 5.92 Å². The van der Waals surface area contributed by atoms with Gasteiger partial charge in [-0.15, -0.1) is 0 Å². The first kappa shape index (κ1) is 11.2. The monoisotopic (exact) mass is 169 g/mol. The van der Waals surface area contributed by atoms with E-state index in [4.69, 9.17) is 0 Å². The molecule has 0 aromatic rings. The van der Waals surface area contributed by atoms with E-state index < -0.39 is 0 Å². The standard InChI is InChI=1S/C10H19NO/c1-5-6-7-9(4)10(12)11-8(2)3/h5-6,8-9H,7H2,1-4H3,(H,11,12)/b6-5-. The van der Waals surface area contributed by atoms with Crippen molar-refractivity contribution in [1.29, 1.82) is 0 Å². The summed E-state index contributed by atoms with van der Waals surface area (Å²) in [6, 6.07) is 0.241. The fourth-order valence-electron chi connectivity index (χ4n) is 0.874. The molecule has 0 bridgehead atoms. The van der Waals surface area contributed by atoms with E-state index in [9.17, 15) is 4.79 Å². The highest BCUT2D eigenvalue weighted by atomic mass is 16.1. The molecule has 0 fully saturated rings. The number of amides is 1. The Balaban J connectivity index is 3.76. The summed E-state index contributed by atoms with van der Waals surface area (Å²) in [6.45, 7) is 7.85. The van der Waals surface area contributed by atoms with Crippen LogP contribution in [0.2, 0.25) is 0 Å². The molecule has 1 N–H and O–H groups in total. The number of carbonyl (C=O) groups excluding carboxylic acids is 1. The van der Waals surface area contributed by atoms with Crippen molar-refractivity contribution in [3.63, 3.8) is 0 Å². The quantitative estimate of drug-likeness (QED) is 0.642. The molecule has 12 heavy (non-hydrogen) atoms. The minimum absolute atomic E-state index is 0.0867. The van der Waals surface area contributed by atoms with Gasteiger partial charge in [0.2, 0.25) is 5.91 Å². The third-order valence-electron chi connectivity index (χ3n) is 1.60. The zero-order valence-electron chi connectivity index (χ0n) is 8.42. The molecule has 0 radical (unpaired) electrons. The van der Waals surface area contributed by atoms with Crippen molar-refractivity contribution < 1.29 is 4.79 Å². The largest absolute Gasteiger partial charge is 0.354 e. The predicted octanol–water partition coefficient (Wildman–Crippen LogP) is 2.11. The maximum Gasteiger partial charge on any atom is 0.223 e. The lowest BCUT2D eigenvalue weighted by atomic mass is 10.1. The van der Waals surface area contributed by atoms with Crippen molar-refractivity contribution in [3.05, 3.63) is 12.2 Å². The van der Waals surface area contributed by atoms with E-state index in [1.807, 2.05) is 39.8 Å². The second-order valence-corrected chi connectivity index (χ2v) is 3.37. The molecular formula is C10H19NO. The van der Waals surface area contributed by atoms with Crippen molar-refractivity contribution in [3.8, 4) is 0 Å². The molecule has 0 aliphatic carbocycles. The molecule has 0 aromatic carbocycles. The molecular weight excluding hydrogens is 150 g/mol. The third-order valence-corrected chi connectivity index (χ3v) is 1.60. The van der Waals surface area contributed by atoms with Crippen LogP contribution in [0.1, 0.15) is 34.1 Å². The Labute approximate surface area is 75.0 Å². The minimum atomic E-state index is 0.0867. The van der Waals surface area contributed by atoms with Crippen LogP contribution in [0.5, 0.6) is 0 Å². The smallest absolute Gasteiger partial charge is 0.223 e. The van der Waals surface area contributed by atoms with Gasteiger partial charge in [0.15, 0.2) is 0 Å². The number of nitrogens with one attached hydrogen (secondary N) is 1. The second kappa shape index (κ2) is 5.81. The van der Waals surface area contributed by atoms with E-state index in [0.29, 0.717) is 0 Å². The molecule has 1 atom stereocenters. The summed E-state index contributed by atoms with van der Waals surface area (Å²) >= 11 is 0. The summed E-state index contributed by atoms with van der Waals surface area (Å²) in [5, 5.41) is 2.88. The number of allylic oxidation sites excluding steroid dienone is 2. The Bertz CT molecular complexity index is 161. The Hall–Kier alpha value is -0.790. The van der Waals surface area contributed by atoms with E-state index in [1.54, 1.807) is 0 Å². The highest BCUT2D eigenvalue weighted by Crippen LogP contribution is 2.02. The SMILES string of the molecule is C/C=C\CC(C)C(=O)NC(C)C. The number of hydrogen-bond acceptors (Lipinski definition) is 1. The van der Waals surface area contributed by atoms with E-state index >= 15 is 0 Å². The van der Waals surface area contributed by atoms with Gasteiger partial charge >= 0.3 is 0 Å². The van der Waals surface area contributed by atoms with Crippen LogP contribution in [-0.2, 0) is 4.79 Å². The maximum absolute atomic E-state index is 11.3. The molecule has 70 valence electrons. The Morgan fingerprint density at radius 1 is 1.42 bits per heavy atom. The van der Waals surface area contributed by atoms with E-state index in [1.165, 1.54) is 0 Å². The minimum Gasteiger partial charge on any atom is -0.354 e. The lowest BCUT2D eigenvalue weighted by Gasteiger charge is -2.12. The maximum atomic E-state index is 11.3. The van der Waals surface area contributed by atoms with Gasteiger partial charge in [0.05, 0.1) is 0 Å². The molecule has 0 saturated carbocycles. The first-order valence-corrected chi connectivity index (χ1v) is 4.49. The van der Waals surface area contributed by atoms with Crippen LogP contribution < -0.4 is 5.32 Å². The second-order valence-electron chi connectivity index (χ2n) is 3.37. The first-order valence-electron chi connectivity index (χ1n) is 4.49. The summed E-state index contributed by atoms with van der Waals surface area (Å²) < 4.78 is 0. The molecule has 2 nitrogen and oxygen atoms in total. The van der Waals surface area contributed by atoms with Crippen LogP contribution in [0.4, 0.5) is 0 Å². The summed E-state index contributed by atoms with van der Waals surface area (Å²) in [6.07, 6.45) is 4.82. The predicted molar refractivity (Wildman–Crippen MR) is 51.9 cm³/mol. The van der Waals surface area contributed by atoms with E-state index in [0.717, 1.165) is 6.42 Å². The lowest BCUT2D eigenvalue weighted by molar-refractivity contribution is -0.124. The molecule has 0 saturated heterocycles.